The fourth-order valence-corrected chi connectivity index (χ4v) is 2.05. The van der Waals surface area contributed by atoms with Crippen LogP contribution in [-0.4, -0.2) is 42.4 Å². The van der Waals surface area contributed by atoms with E-state index in [0.29, 0.717) is 43.4 Å². The zero-order chi connectivity index (χ0) is 13.4. The van der Waals surface area contributed by atoms with Gasteiger partial charge in [0, 0.05) is 18.8 Å². The van der Waals surface area contributed by atoms with E-state index in [9.17, 15) is 4.79 Å². The first-order valence-electron chi connectivity index (χ1n) is 5.91. The molecule has 1 aliphatic heterocycles. The van der Waals surface area contributed by atoms with E-state index in [0.717, 1.165) is 0 Å². The van der Waals surface area contributed by atoms with E-state index in [4.69, 9.17) is 20.0 Å². The van der Waals surface area contributed by atoms with Crippen molar-refractivity contribution < 1.29 is 19.1 Å². The van der Waals surface area contributed by atoms with Crippen molar-refractivity contribution in [2.75, 3.05) is 36.9 Å². The number of carbonyl (C=O) groups is 1. The third kappa shape index (κ3) is 2.08. The van der Waals surface area contributed by atoms with E-state index in [1.54, 1.807) is 0 Å². The van der Waals surface area contributed by atoms with Gasteiger partial charge in [0.2, 0.25) is 0 Å². The Hall–Kier alpha value is -2.28. The molecule has 1 aromatic carbocycles. The van der Waals surface area contributed by atoms with Gasteiger partial charge in [-0.3, -0.25) is 0 Å². The topological polar surface area (TPSA) is 102 Å². The fourth-order valence-electron chi connectivity index (χ4n) is 2.05. The van der Waals surface area contributed by atoms with E-state index < -0.39 is 5.97 Å². The predicted octanol–water partition coefficient (Wildman–Crippen LogP) is 0.945. The Bertz CT molecular complexity index is 631. The summed E-state index contributed by atoms with van der Waals surface area (Å²) in [6.45, 7) is 2.66. The van der Waals surface area contributed by atoms with Gasteiger partial charge in [0.25, 0.3) is 6.01 Å². The minimum Gasteiger partial charge on any atom is -0.478 e. The number of aromatic carboxylic acids is 1. The minimum absolute atomic E-state index is 0.0252. The molecule has 0 aliphatic carbocycles. The highest BCUT2D eigenvalue weighted by atomic mass is 16.5. The van der Waals surface area contributed by atoms with Gasteiger partial charge in [-0.1, -0.05) is 0 Å². The van der Waals surface area contributed by atoms with E-state index in [-0.39, 0.29) is 11.3 Å². The highest BCUT2D eigenvalue weighted by Crippen LogP contribution is 2.26. The molecule has 1 aromatic heterocycles. The van der Waals surface area contributed by atoms with Crippen LogP contribution in [0.15, 0.2) is 16.5 Å². The molecule has 0 radical (unpaired) electrons. The number of carboxylic acids is 1. The molecule has 0 unspecified atom stereocenters. The maximum Gasteiger partial charge on any atom is 0.337 e. The van der Waals surface area contributed by atoms with Crippen LogP contribution in [0.5, 0.6) is 0 Å². The molecule has 1 aliphatic rings. The minimum atomic E-state index is -1.08. The smallest absolute Gasteiger partial charge is 0.337 e. The van der Waals surface area contributed by atoms with Gasteiger partial charge in [-0.2, -0.15) is 4.98 Å². The number of nitrogens with two attached hydrogens (primary N) is 1. The van der Waals surface area contributed by atoms with Gasteiger partial charge < -0.3 is 24.9 Å². The standard InChI is InChI=1S/C12H13N3O4/c13-8-6-9-10(5-7(8)11(16)17)19-12(14-9)15-1-3-18-4-2-15/h5-6H,1-4,13H2,(H,16,17). The molecule has 3 N–H and O–H groups in total. The number of fused-ring (bicyclic) bond motifs is 1. The lowest BCUT2D eigenvalue weighted by atomic mass is 10.1. The average Bonchev–Trinajstić information content (AvgIpc) is 2.81. The molecular formula is C12H13N3O4. The van der Waals surface area contributed by atoms with Crippen molar-refractivity contribution in [3.8, 4) is 0 Å². The van der Waals surface area contributed by atoms with Crippen LogP contribution in [0.25, 0.3) is 11.1 Å². The fraction of sp³-hybridized carbons (Fsp3) is 0.333. The maximum absolute atomic E-state index is 11.0. The summed E-state index contributed by atoms with van der Waals surface area (Å²) < 4.78 is 10.8. The Morgan fingerprint density at radius 3 is 2.79 bits per heavy atom. The second-order valence-electron chi connectivity index (χ2n) is 4.31. The monoisotopic (exact) mass is 263 g/mol. The third-order valence-corrected chi connectivity index (χ3v) is 3.06. The van der Waals surface area contributed by atoms with Crippen molar-refractivity contribution in [1.82, 2.24) is 4.98 Å². The molecule has 7 nitrogen and oxygen atoms in total. The number of oxazole rings is 1. The molecule has 0 bridgehead atoms. The number of nitrogens with zero attached hydrogens (tertiary/aromatic N) is 2. The molecular weight excluding hydrogens is 250 g/mol. The molecule has 0 spiro atoms. The van der Waals surface area contributed by atoms with Gasteiger partial charge in [-0.15, -0.1) is 0 Å². The SMILES string of the molecule is Nc1cc2nc(N3CCOCC3)oc2cc1C(=O)O. The number of anilines is 2. The number of rotatable bonds is 2. The largest absolute Gasteiger partial charge is 0.478 e. The zero-order valence-corrected chi connectivity index (χ0v) is 10.1. The van der Waals surface area contributed by atoms with Crippen LogP contribution >= 0.6 is 0 Å². The maximum atomic E-state index is 11.0. The number of ether oxygens (including phenoxy) is 1. The Kier molecular flexibility index (Phi) is 2.75. The number of aromatic nitrogens is 1. The predicted molar refractivity (Wildman–Crippen MR) is 68.4 cm³/mol. The number of carboxylic acid groups (broad SMARTS) is 1. The Balaban J connectivity index is 2.02. The second kappa shape index (κ2) is 4.43. The zero-order valence-electron chi connectivity index (χ0n) is 10.1. The van der Waals surface area contributed by atoms with Crippen molar-refractivity contribution in [2.24, 2.45) is 0 Å². The highest BCUT2D eigenvalue weighted by molar-refractivity contribution is 5.98. The molecule has 3 rings (SSSR count). The van der Waals surface area contributed by atoms with E-state index >= 15 is 0 Å². The Morgan fingerprint density at radius 2 is 2.11 bits per heavy atom. The molecule has 2 heterocycles. The summed E-state index contributed by atoms with van der Waals surface area (Å²) in [7, 11) is 0. The van der Waals surface area contributed by atoms with Crippen LogP contribution < -0.4 is 10.6 Å². The molecule has 100 valence electrons. The molecule has 7 heteroatoms. The molecule has 1 fully saturated rings. The summed E-state index contributed by atoms with van der Waals surface area (Å²) >= 11 is 0. The lowest BCUT2D eigenvalue weighted by Gasteiger charge is -2.24. The van der Waals surface area contributed by atoms with Crippen LogP contribution in [0.1, 0.15) is 10.4 Å². The summed E-state index contributed by atoms with van der Waals surface area (Å²) in [5.74, 6) is -1.08. The lowest BCUT2D eigenvalue weighted by Crippen LogP contribution is -2.36. The molecule has 0 atom stereocenters. The van der Waals surface area contributed by atoms with Crippen molar-refractivity contribution in [3.63, 3.8) is 0 Å². The van der Waals surface area contributed by atoms with Crippen molar-refractivity contribution in [3.05, 3.63) is 17.7 Å². The van der Waals surface area contributed by atoms with Crippen molar-refractivity contribution in [1.29, 1.82) is 0 Å². The second-order valence-corrected chi connectivity index (χ2v) is 4.31. The van der Waals surface area contributed by atoms with Crippen LogP contribution in [0, 0.1) is 0 Å². The Morgan fingerprint density at radius 1 is 1.37 bits per heavy atom. The summed E-state index contributed by atoms with van der Waals surface area (Å²) in [6, 6.07) is 3.40. The average molecular weight is 263 g/mol. The van der Waals surface area contributed by atoms with Gasteiger partial charge >= 0.3 is 5.97 Å². The molecule has 0 saturated carbocycles. The summed E-state index contributed by atoms with van der Waals surface area (Å²) in [4.78, 5) is 17.3. The first-order valence-corrected chi connectivity index (χ1v) is 5.91. The van der Waals surface area contributed by atoms with Crippen molar-refractivity contribution in [2.45, 2.75) is 0 Å². The van der Waals surface area contributed by atoms with Gasteiger partial charge in [0.15, 0.2) is 5.58 Å². The van der Waals surface area contributed by atoms with E-state index in [1.165, 1.54) is 12.1 Å². The highest BCUT2D eigenvalue weighted by Gasteiger charge is 2.19. The first kappa shape index (κ1) is 11.8. The number of hydrogen-bond donors (Lipinski definition) is 2. The van der Waals surface area contributed by atoms with Gasteiger partial charge in [0.05, 0.1) is 18.8 Å². The van der Waals surface area contributed by atoms with Crippen LogP contribution in [0.2, 0.25) is 0 Å². The van der Waals surface area contributed by atoms with Crippen LogP contribution in [0.3, 0.4) is 0 Å². The number of hydrogen-bond acceptors (Lipinski definition) is 6. The summed E-state index contributed by atoms with van der Waals surface area (Å²) in [5, 5.41) is 9.01. The number of morpholine rings is 1. The van der Waals surface area contributed by atoms with Crippen LogP contribution in [0.4, 0.5) is 11.7 Å². The molecule has 2 aromatic rings. The third-order valence-electron chi connectivity index (χ3n) is 3.06. The van der Waals surface area contributed by atoms with Gasteiger partial charge in [0.1, 0.15) is 5.52 Å². The Labute approximate surface area is 108 Å². The van der Waals surface area contributed by atoms with Gasteiger partial charge in [-0.05, 0) is 12.1 Å². The lowest BCUT2D eigenvalue weighted by molar-refractivity contribution is 0.0698. The van der Waals surface area contributed by atoms with Crippen molar-refractivity contribution >= 4 is 28.8 Å². The summed E-state index contributed by atoms with van der Waals surface area (Å²) in [5.41, 5.74) is 6.87. The normalized spacial score (nSPS) is 15.9. The number of benzene rings is 1. The molecule has 0 amide bonds. The summed E-state index contributed by atoms with van der Waals surface area (Å²) in [6.07, 6.45) is 0. The molecule has 19 heavy (non-hydrogen) atoms. The van der Waals surface area contributed by atoms with Crippen LogP contribution in [-0.2, 0) is 4.74 Å². The van der Waals surface area contributed by atoms with E-state index in [2.05, 4.69) is 4.98 Å². The van der Waals surface area contributed by atoms with E-state index in [1.807, 2.05) is 4.90 Å². The first-order chi connectivity index (χ1) is 9.15. The van der Waals surface area contributed by atoms with Gasteiger partial charge in [-0.25, -0.2) is 4.79 Å². The molecule has 1 saturated heterocycles. The quantitative estimate of drug-likeness (QED) is 0.777. The number of nitrogen functional groups attached to an aromatic ring is 1.